The summed E-state index contributed by atoms with van der Waals surface area (Å²) in [7, 11) is 2.13. The van der Waals surface area contributed by atoms with Crippen molar-refractivity contribution < 1.29 is 0 Å². The molecule has 1 aliphatic rings. The Bertz CT molecular complexity index is 441. The summed E-state index contributed by atoms with van der Waals surface area (Å²) >= 11 is 5.64. The van der Waals surface area contributed by atoms with Gasteiger partial charge in [0.1, 0.15) is 0 Å². The zero-order chi connectivity index (χ0) is 14.5. The molecule has 1 saturated heterocycles. The Kier molecular flexibility index (Phi) is 5.46. The molecular weight excluding hydrogens is 266 g/mol. The number of likely N-dealkylation sites (tertiary alicyclic amines) is 1. The molecular formula is C16H27N3S. The number of rotatable bonds is 3. The molecule has 2 rings (SSSR count). The van der Waals surface area contributed by atoms with Gasteiger partial charge in [-0.2, -0.15) is 0 Å². The molecule has 3 nitrogen and oxygen atoms in total. The summed E-state index contributed by atoms with van der Waals surface area (Å²) in [6, 6.07) is 4.78. The van der Waals surface area contributed by atoms with Crippen LogP contribution in [-0.4, -0.2) is 27.7 Å². The van der Waals surface area contributed by atoms with E-state index >= 15 is 0 Å². The predicted molar refractivity (Wildman–Crippen MR) is 88.8 cm³/mol. The highest BCUT2D eigenvalue weighted by atomic mass is 32.1. The number of aryl methyl sites for hydroxylation is 1. The molecule has 1 fully saturated rings. The van der Waals surface area contributed by atoms with Crippen LogP contribution in [0.15, 0.2) is 18.3 Å². The van der Waals surface area contributed by atoms with Crippen LogP contribution in [0.1, 0.15) is 51.3 Å². The molecule has 2 atom stereocenters. The Balaban J connectivity index is 2.19. The van der Waals surface area contributed by atoms with Crippen molar-refractivity contribution in [2.24, 2.45) is 13.0 Å². The first kappa shape index (κ1) is 15.4. The van der Waals surface area contributed by atoms with Crippen molar-refractivity contribution in [1.82, 2.24) is 14.8 Å². The van der Waals surface area contributed by atoms with Gasteiger partial charge in [0.2, 0.25) is 0 Å². The van der Waals surface area contributed by atoms with Crippen molar-refractivity contribution in [3.8, 4) is 0 Å². The van der Waals surface area contributed by atoms with E-state index < -0.39 is 0 Å². The quantitative estimate of drug-likeness (QED) is 0.862. The van der Waals surface area contributed by atoms with E-state index in [0.717, 1.165) is 30.5 Å². The van der Waals surface area contributed by atoms with E-state index in [-0.39, 0.29) is 0 Å². The van der Waals surface area contributed by atoms with E-state index in [2.05, 4.69) is 54.0 Å². The minimum atomic E-state index is 0.414. The molecule has 0 unspecified atom stereocenters. The van der Waals surface area contributed by atoms with Gasteiger partial charge in [0, 0.05) is 32.0 Å². The first-order chi connectivity index (χ1) is 9.63. The van der Waals surface area contributed by atoms with Gasteiger partial charge in [0.15, 0.2) is 5.11 Å². The number of hydrogen-bond donors (Lipinski definition) is 1. The first-order valence-corrected chi connectivity index (χ1v) is 8.20. The molecule has 0 aliphatic carbocycles. The second-order valence-electron chi connectivity index (χ2n) is 5.96. The lowest BCUT2D eigenvalue weighted by atomic mass is 10.0. The van der Waals surface area contributed by atoms with Gasteiger partial charge in [-0.15, -0.1) is 0 Å². The molecule has 1 aromatic rings. The normalized spacial score (nSPS) is 23.4. The molecule has 2 heterocycles. The summed E-state index contributed by atoms with van der Waals surface area (Å²) in [6.07, 6.45) is 6.94. The molecule has 4 heteroatoms. The largest absolute Gasteiger partial charge is 0.363 e. The molecule has 0 saturated carbocycles. The van der Waals surface area contributed by atoms with Crippen molar-refractivity contribution in [2.75, 3.05) is 13.1 Å². The van der Waals surface area contributed by atoms with Crippen LogP contribution >= 0.6 is 12.2 Å². The Labute approximate surface area is 128 Å². The van der Waals surface area contributed by atoms with E-state index in [1.807, 2.05) is 0 Å². The van der Waals surface area contributed by atoms with Gasteiger partial charge in [0.05, 0.1) is 6.04 Å². The van der Waals surface area contributed by atoms with Crippen molar-refractivity contribution >= 4 is 17.3 Å². The zero-order valence-corrected chi connectivity index (χ0v) is 13.7. The number of nitrogens with zero attached hydrogens (tertiary/aromatic N) is 2. The monoisotopic (exact) mass is 293 g/mol. The fourth-order valence-electron chi connectivity index (χ4n) is 2.96. The molecule has 0 bridgehead atoms. The number of aromatic nitrogens is 1. The van der Waals surface area contributed by atoms with Crippen LogP contribution in [-0.2, 0) is 7.05 Å². The second-order valence-corrected chi connectivity index (χ2v) is 6.34. The smallest absolute Gasteiger partial charge is 0.169 e. The third-order valence-electron chi connectivity index (χ3n) is 4.28. The minimum absolute atomic E-state index is 0.414. The number of thiocarbonyl (C=S) groups is 1. The highest BCUT2D eigenvalue weighted by molar-refractivity contribution is 7.80. The van der Waals surface area contributed by atoms with Gasteiger partial charge in [-0.05, 0) is 56.0 Å². The van der Waals surface area contributed by atoms with Crippen LogP contribution in [0.4, 0.5) is 0 Å². The third-order valence-corrected chi connectivity index (χ3v) is 4.66. The SMILES string of the molecule is CCCNC(=S)N1CC[C@@H](C)CC[C@H]1c1cccn1C. The lowest BCUT2D eigenvalue weighted by Crippen LogP contribution is -2.42. The van der Waals surface area contributed by atoms with Crippen molar-refractivity contribution in [3.05, 3.63) is 24.0 Å². The molecule has 0 radical (unpaired) electrons. The van der Waals surface area contributed by atoms with Crippen LogP contribution in [0.25, 0.3) is 0 Å². The third kappa shape index (κ3) is 3.54. The maximum atomic E-state index is 5.64. The van der Waals surface area contributed by atoms with Crippen LogP contribution in [0, 0.1) is 5.92 Å². The lowest BCUT2D eigenvalue weighted by Gasteiger charge is -2.33. The number of hydrogen-bond acceptors (Lipinski definition) is 1. The van der Waals surface area contributed by atoms with Gasteiger partial charge in [0.25, 0.3) is 0 Å². The standard InChI is InChI=1S/C16H27N3S/c1-4-10-17-16(20)19-12-9-13(2)7-8-15(19)14-6-5-11-18(14)3/h5-6,11,13,15H,4,7-10,12H2,1-3H3,(H,17,20)/t13-,15-/m0/s1. The topological polar surface area (TPSA) is 20.2 Å². The van der Waals surface area contributed by atoms with Crippen LogP contribution in [0.5, 0.6) is 0 Å². The highest BCUT2D eigenvalue weighted by Gasteiger charge is 2.27. The van der Waals surface area contributed by atoms with Gasteiger partial charge >= 0.3 is 0 Å². The summed E-state index contributed by atoms with van der Waals surface area (Å²) in [5, 5.41) is 4.33. The molecule has 0 aromatic carbocycles. The second kappa shape index (κ2) is 7.11. The van der Waals surface area contributed by atoms with Crippen LogP contribution < -0.4 is 5.32 Å². The highest BCUT2D eigenvalue weighted by Crippen LogP contribution is 2.32. The zero-order valence-electron chi connectivity index (χ0n) is 12.9. The fourth-order valence-corrected chi connectivity index (χ4v) is 3.28. The van der Waals surface area contributed by atoms with Crippen molar-refractivity contribution in [3.63, 3.8) is 0 Å². The Hall–Kier alpha value is -1.03. The molecule has 1 N–H and O–H groups in total. The molecule has 1 aliphatic heterocycles. The Morgan fingerprint density at radius 2 is 2.20 bits per heavy atom. The maximum Gasteiger partial charge on any atom is 0.169 e. The average Bonchev–Trinajstić information content (AvgIpc) is 2.75. The fraction of sp³-hybridized carbons (Fsp3) is 0.688. The van der Waals surface area contributed by atoms with Gasteiger partial charge < -0.3 is 14.8 Å². The summed E-state index contributed by atoms with van der Waals surface area (Å²) in [5.74, 6) is 0.789. The maximum absolute atomic E-state index is 5.64. The molecule has 0 amide bonds. The Morgan fingerprint density at radius 3 is 2.85 bits per heavy atom. The van der Waals surface area contributed by atoms with E-state index in [0.29, 0.717) is 6.04 Å². The van der Waals surface area contributed by atoms with Gasteiger partial charge in [-0.25, -0.2) is 0 Å². The van der Waals surface area contributed by atoms with Crippen LogP contribution in [0.3, 0.4) is 0 Å². The molecule has 1 aromatic heterocycles. The van der Waals surface area contributed by atoms with E-state index in [9.17, 15) is 0 Å². The van der Waals surface area contributed by atoms with Gasteiger partial charge in [-0.1, -0.05) is 13.8 Å². The van der Waals surface area contributed by atoms with Crippen LogP contribution in [0.2, 0.25) is 0 Å². The molecule has 112 valence electrons. The molecule has 20 heavy (non-hydrogen) atoms. The Morgan fingerprint density at radius 1 is 1.40 bits per heavy atom. The predicted octanol–water partition coefficient (Wildman–Crippen LogP) is 3.47. The van der Waals surface area contributed by atoms with Gasteiger partial charge in [-0.3, -0.25) is 0 Å². The average molecular weight is 293 g/mol. The summed E-state index contributed by atoms with van der Waals surface area (Å²) in [5.41, 5.74) is 1.37. The lowest BCUT2D eigenvalue weighted by molar-refractivity contribution is 0.306. The molecule has 0 spiro atoms. The summed E-state index contributed by atoms with van der Waals surface area (Å²) in [4.78, 5) is 2.41. The van der Waals surface area contributed by atoms with E-state index in [1.165, 1.54) is 25.0 Å². The van der Waals surface area contributed by atoms with Crippen molar-refractivity contribution in [1.29, 1.82) is 0 Å². The van der Waals surface area contributed by atoms with E-state index in [4.69, 9.17) is 12.2 Å². The minimum Gasteiger partial charge on any atom is -0.363 e. The van der Waals surface area contributed by atoms with E-state index in [1.54, 1.807) is 0 Å². The summed E-state index contributed by atoms with van der Waals surface area (Å²) < 4.78 is 2.23. The van der Waals surface area contributed by atoms with Crippen molar-refractivity contribution in [2.45, 2.75) is 45.6 Å². The first-order valence-electron chi connectivity index (χ1n) is 7.79. The number of nitrogens with one attached hydrogen (secondary N) is 1. The summed E-state index contributed by atoms with van der Waals surface area (Å²) in [6.45, 7) is 6.56.